The van der Waals surface area contributed by atoms with Gasteiger partial charge in [-0.25, -0.2) is 0 Å². The highest BCUT2D eigenvalue weighted by molar-refractivity contribution is 4.97. The third-order valence-electron chi connectivity index (χ3n) is 3.72. The molecule has 1 N–H and O–H groups in total. The van der Waals surface area contributed by atoms with E-state index >= 15 is 0 Å². The van der Waals surface area contributed by atoms with E-state index in [9.17, 15) is 0 Å². The minimum absolute atomic E-state index is 0.918. The molecule has 96 valence electrons. The average molecular weight is 236 g/mol. The summed E-state index contributed by atoms with van der Waals surface area (Å²) in [6, 6.07) is 4.03. The summed E-state index contributed by atoms with van der Waals surface area (Å²) in [4.78, 5) is 2.47. The van der Waals surface area contributed by atoms with Crippen LogP contribution >= 0.6 is 0 Å². The van der Waals surface area contributed by atoms with Crippen LogP contribution in [0.2, 0.25) is 0 Å². The van der Waals surface area contributed by atoms with Crippen molar-refractivity contribution in [2.45, 2.75) is 32.7 Å². The molecule has 1 aromatic rings. The molecule has 1 aliphatic rings. The van der Waals surface area contributed by atoms with Gasteiger partial charge in [0.25, 0.3) is 0 Å². The van der Waals surface area contributed by atoms with Gasteiger partial charge in [-0.2, -0.15) is 0 Å². The molecule has 1 aromatic heterocycles. The summed E-state index contributed by atoms with van der Waals surface area (Å²) in [6.07, 6.45) is 5.78. The Hall–Kier alpha value is -0.800. The first-order valence-corrected chi connectivity index (χ1v) is 6.84. The molecule has 0 saturated carbocycles. The Bertz CT molecular complexity index is 291. The van der Waals surface area contributed by atoms with Crippen LogP contribution < -0.4 is 5.32 Å². The maximum Gasteiger partial charge on any atom is 0.117 e. The van der Waals surface area contributed by atoms with Gasteiger partial charge in [0.1, 0.15) is 5.76 Å². The van der Waals surface area contributed by atoms with Gasteiger partial charge in [0.15, 0.2) is 0 Å². The largest absolute Gasteiger partial charge is 0.468 e. The normalized spacial score (nSPS) is 17.8. The first-order valence-electron chi connectivity index (χ1n) is 6.84. The van der Waals surface area contributed by atoms with E-state index in [-0.39, 0.29) is 0 Å². The zero-order valence-electron chi connectivity index (χ0n) is 10.8. The van der Waals surface area contributed by atoms with E-state index in [1.807, 2.05) is 6.07 Å². The average Bonchev–Trinajstić information content (AvgIpc) is 2.88. The van der Waals surface area contributed by atoms with E-state index in [4.69, 9.17) is 4.42 Å². The molecular formula is C14H24N2O. The summed E-state index contributed by atoms with van der Waals surface area (Å²) in [7, 11) is 0. The maximum atomic E-state index is 5.41. The van der Waals surface area contributed by atoms with Crippen LogP contribution in [0.5, 0.6) is 0 Å². The molecule has 0 amide bonds. The van der Waals surface area contributed by atoms with Crippen LogP contribution in [-0.4, -0.2) is 31.1 Å². The predicted molar refractivity (Wildman–Crippen MR) is 69.9 cm³/mol. The molecule has 3 heteroatoms. The Labute approximate surface area is 104 Å². The Kier molecular flexibility index (Phi) is 5.08. The molecule has 0 aliphatic carbocycles. The second kappa shape index (κ2) is 6.82. The van der Waals surface area contributed by atoms with Crippen LogP contribution in [0, 0.1) is 5.92 Å². The van der Waals surface area contributed by atoms with Crippen LogP contribution in [-0.2, 0) is 6.54 Å². The van der Waals surface area contributed by atoms with Gasteiger partial charge in [0, 0.05) is 0 Å². The van der Waals surface area contributed by atoms with Crippen molar-refractivity contribution in [3.8, 4) is 0 Å². The second-order valence-corrected chi connectivity index (χ2v) is 4.93. The fourth-order valence-corrected chi connectivity index (χ4v) is 2.51. The number of piperidine rings is 1. The van der Waals surface area contributed by atoms with Crippen molar-refractivity contribution in [3.05, 3.63) is 24.2 Å². The summed E-state index contributed by atoms with van der Waals surface area (Å²) in [5.74, 6) is 2.00. The Morgan fingerprint density at radius 2 is 2.24 bits per heavy atom. The third-order valence-corrected chi connectivity index (χ3v) is 3.72. The molecule has 0 unspecified atom stereocenters. The van der Waals surface area contributed by atoms with E-state index in [1.54, 1.807) is 6.26 Å². The maximum absolute atomic E-state index is 5.41. The molecular weight excluding hydrogens is 212 g/mol. The minimum Gasteiger partial charge on any atom is -0.468 e. The highest BCUT2D eigenvalue weighted by Crippen LogP contribution is 2.17. The lowest BCUT2D eigenvalue weighted by Crippen LogP contribution is -2.31. The summed E-state index contributed by atoms with van der Waals surface area (Å²) >= 11 is 0. The quantitative estimate of drug-likeness (QED) is 0.822. The number of furan rings is 1. The second-order valence-electron chi connectivity index (χ2n) is 4.93. The number of rotatable bonds is 6. The van der Waals surface area contributed by atoms with Gasteiger partial charge < -0.3 is 9.73 Å². The highest BCUT2D eigenvalue weighted by Gasteiger charge is 2.14. The van der Waals surface area contributed by atoms with Crippen LogP contribution in [0.15, 0.2) is 22.8 Å². The SMILES string of the molecule is CCN(CCC1CCNCC1)Cc1ccco1. The van der Waals surface area contributed by atoms with Crippen molar-refractivity contribution in [1.29, 1.82) is 0 Å². The minimum atomic E-state index is 0.918. The molecule has 17 heavy (non-hydrogen) atoms. The van der Waals surface area contributed by atoms with Crippen molar-refractivity contribution >= 4 is 0 Å². The Balaban J connectivity index is 1.71. The molecule has 0 spiro atoms. The van der Waals surface area contributed by atoms with Gasteiger partial charge in [-0.05, 0) is 63.5 Å². The van der Waals surface area contributed by atoms with Gasteiger partial charge in [0.2, 0.25) is 0 Å². The monoisotopic (exact) mass is 236 g/mol. The van der Waals surface area contributed by atoms with E-state index in [1.165, 1.54) is 38.9 Å². The van der Waals surface area contributed by atoms with Crippen LogP contribution in [0.25, 0.3) is 0 Å². The van der Waals surface area contributed by atoms with Gasteiger partial charge in [-0.3, -0.25) is 4.90 Å². The van der Waals surface area contributed by atoms with Gasteiger partial charge in [0.05, 0.1) is 12.8 Å². The fraction of sp³-hybridized carbons (Fsp3) is 0.714. The zero-order valence-corrected chi connectivity index (χ0v) is 10.8. The summed E-state index contributed by atoms with van der Waals surface area (Å²) in [5, 5.41) is 3.42. The summed E-state index contributed by atoms with van der Waals surface area (Å²) in [6.45, 7) is 7.89. The number of nitrogens with zero attached hydrogens (tertiary/aromatic N) is 1. The number of nitrogens with one attached hydrogen (secondary N) is 1. The van der Waals surface area contributed by atoms with Crippen molar-refractivity contribution in [3.63, 3.8) is 0 Å². The van der Waals surface area contributed by atoms with E-state index < -0.39 is 0 Å². The van der Waals surface area contributed by atoms with Crippen molar-refractivity contribution in [2.24, 2.45) is 5.92 Å². The molecule has 0 atom stereocenters. The lowest BCUT2D eigenvalue weighted by molar-refractivity contribution is 0.223. The van der Waals surface area contributed by atoms with Gasteiger partial charge in [-0.15, -0.1) is 0 Å². The van der Waals surface area contributed by atoms with E-state index in [0.717, 1.165) is 24.8 Å². The van der Waals surface area contributed by atoms with Crippen molar-refractivity contribution in [2.75, 3.05) is 26.2 Å². The van der Waals surface area contributed by atoms with Crippen LogP contribution in [0.3, 0.4) is 0 Å². The number of hydrogen-bond acceptors (Lipinski definition) is 3. The predicted octanol–water partition coefficient (Wildman–Crippen LogP) is 2.49. The first kappa shape index (κ1) is 12.7. The Morgan fingerprint density at radius 1 is 1.41 bits per heavy atom. The molecule has 0 aromatic carbocycles. The molecule has 3 nitrogen and oxygen atoms in total. The summed E-state index contributed by atoms with van der Waals surface area (Å²) < 4.78 is 5.41. The van der Waals surface area contributed by atoms with Crippen LogP contribution in [0.1, 0.15) is 31.9 Å². The molecule has 1 fully saturated rings. The molecule has 2 rings (SSSR count). The zero-order chi connectivity index (χ0) is 11.9. The number of hydrogen-bond donors (Lipinski definition) is 1. The molecule has 0 radical (unpaired) electrons. The first-order chi connectivity index (χ1) is 8.38. The lowest BCUT2D eigenvalue weighted by atomic mass is 9.94. The van der Waals surface area contributed by atoms with Crippen molar-refractivity contribution in [1.82, 2.24) is 10.2 Å². The lowest BCUT2D eigenvalue weighted by Gasteiger charge is -2.26. The summed E-state index contributed by atoms with van der Waals surface area (Å²) in [5.41, 5.74) is 0. The molecule has 1 aliphatic heterocycles. The fourth-order valence-electron chi connectivity index (χ4n) is 2.51. The Morgan fingerprint density at radius 3 is 2.88 bits per heavy atom. The third kappa shape index (κ3) is 4.17. The van der Waals surface area contributed by atoms with E-state index in [0.29, 0.717) is 0 Å². The molecule has 1 saturated heterocycles. The molecule has 2 heterocycles. The highest BCUT2D eigenvalue weighted by atomic mass is 16.3. The standard InChI is InChI=1S/C14H24N2O/c1-2-16(12-14-4-3-11-17-14)10-7-13-5-8-15-9-6-13/h3-4,11,13,15H,2,5-10,12H2,1H3. The van der Waals surface area contributed by atoms with Crippen molar-refractivity contribution < 1.29 is 4.42 Å². The van der Waals surface area contributed by atoms with Gasteiger partial charge >= 0.3 is 0 Å². The smallest absolute Gasteiger partial charge is 0.117 e. The van der Waals surface area contributed by atoms with Crippen LogP contribution in [0.4, 0.5) is 0 Å². The topological polar surface area (TPSA) is 28.4 Å². The molecule has 0 bridgehead atoms. The van der Waals surface area contributed by atoms with E-state index in [2.05, 4.69) is 23.2 Å². The van der Waals surface area contributed by atoms with Gasteiger partial charge in [-0.1, -0.05) is 6.92 Å².